The predicted octanol–water partition coefficient (Wildman–Crippen LogP) is 1.52. The van der Waals surface area contributed by atoms with Crippen LogP contribution in [0.1, 0.15) is 31.1 Å². The standard InChI is InChI=1S/C13H9NO6/c14-6-3-8-7(10(4-6)13(19)20)1-5(11(15)16)2-9(8)12(17)18/h1-4H,14H2,(H,15,16)(H,17,18)(H,19,20). The Morgan fingerprint density at radius 2 is 1.25 bits per heavy atom. The van der Waals surface area contributed by atoms with Crippen LogP contribution in [0.2, 0.25) is 0 Å². The van der Waals surface area contributed by atoms with E-state index in [0.717, 1.165) is 18.2 Å². The van der Waals surface area contributed by atoms with Crippen molar-refractivity contribution in [3.63, 3.8) is 0 Å². The first kappa shape index (κ1) is 13.3. The van der Waals surface area contributed by atoms with Gasteiger partial charge in [0.25, 0.3) is 0 Å². The Labute approximate surface area is 111 Å². The Bertz CT molecular complexity index is 765. The molecule has 0 aliphatic carbocycles. The number of nitrogen functional groups attached to an aromatic ring is 1. The van der Waals surface area contributed by atoms with E-state index in [1.807, 2.05) is 0 Å². The highest BCUT2D eigenvalue weighted by atomic mass is 16.4. The highest BCUT2D eigenvalue weighted by Gasteiger charge is 2.18. The molecule has 5 N–H and O–H groups in total. The molecule has 0 aliphatic rings. The molecule has 7 heteroatoms. The molecule has 0 spiro atoms. The largest absolute Gasteiger partial charge is 0.478 e. The molecular weight excluding hydrogens is 266 g/mol. The van der Waals surface area contributed by atoms with Crippen LogP contribution >= 0.6 is 0 Å². The summed E-state index contributed by atoms with van der Waals surface area (Å²) >= 11 is 0. The third kappa shape index (κ3) is 2.12. The number of carboxylic acid groups (broad SMARTS) is 3. The molecule has 0 heterocycles. The fourth-order valence-corrected chi connectivity index (χ4v) is 1.96. The molecule has 0 saturated heterocycles. The van der Waals surface area contributed by atoms with Crippen molar-refractivity contribution in [1.29, 1.82) is 0 Å². The third-order valence-corrected chi connectivity index (χ3v) is 2.80. The quantitative estimate of drug-likeness (QED) is 0.623. The molecule has 0 saturated carbocycles. The van der Waals surface area contributed by atoms with E-state index in [1.165, 1.54) is 6.07 Å². The zero-order chi connectivity index (χ0) is 15.0. The van der Waals surface area contributed by atoms with E-state index in [-0.39, 0.29) is 33.2 Å². The normalized spacial score (nSPS) is 10.4. The van der Waals surface area contributed by atoms with Crippen LogP contribution in [-0.2, 0) is 0 Å². The van der Waals surface area contributed by atoms with Crippen LogP contribution in [0.5, 0.6) is 0 Å². The van der Waals surface area contributed by atoms with Gasteiger partial charge in [-0.3, -0.25) is 0 Å². The highest BCUT2D eigenvalue weighted by Crippen LogP contribution is 2.28. The minimum atomic E-state index is -1.36. The SMILES string of the molecule is Nc1cc(C(=O)O)c2cc(C(=O)O)cc(C(=O)O)c2c1. The number of benzene rings is 2. The molecule has 0 aromatic heterocycles. The Morgan fingerprint density at radius 1 is 0.750 bits per heavy atom. The lowest BCUT2D eigenvalue weighted by atomic mass is 9.96. The van der Waals surface area contributed by atoms with Gasteiger partial charge in [0.1, 0.15) is 0 Å². The van der Waals surface area contributed by atoms with Gasteiger partial charge in [-0.25, -0.2) is 14.4 Å². The Morgan fingerprint density at radius 3 is 1.75 bits per heavy atom. The summed E-state index contributed by atoms with van der Waals surface area (Å²) in [6.07, 6.45) is 0. The maximum absolute atomic E-state index is 11.2. The molecule has 7 nitrogen and oxygen atoms in total. The lowest BCUT2D eigenvalue weighted by Gasteiger charge is -2.09. The summed E-state index contributed by atoms with van der Waals surface area (Å²) in [5, 5.41) is 27.3. The molecule has 0 atom stereocenters. The molecule has 0 fully saturated rings. The Balaban J connectivity index is 3.00. The lowest BCUT2D eigenvalue weighted by molar-refractivity contribution is 0.0681. The van der Waals surface area contributed by atoms with Crippen molar-refractivity contribution >= 4 is 34.4 Å². The second-order valence-electron chi connectivity index (χ2n) is 4.10. The topological polar surface area (TPSA) is 138 Å². The second kappa shape index (κ2) is 4.54. The van der Waals surface area contributed by atoms with Crippen molar-refractivity contribution in [3.05, 3.63) is 41.0 Å². The number of hydrogen-bond acceptors (Lipinski definition) is 4. The summed E-state index contributed by atoms with van der Waals surface area (Å²) in [5.74, 6) is -4.02. The van der Waals surface area contributed by atoms with Crippen LogP contribution < -0.4 is 5.73 Å². The van der Waals surface area contributed by atoms with Gasteiger partial charge in [-0.1, -0.05) is 0 Å². The molecule has 0 bridgehead atoms. The van der Waals surface area contributed by atoms with Gasteiger partial charge in [-0.15, -0.1) is 0 Å². The minimum absolute atomic E-state index is 0.0176. The number of nitrogens with two attached hydrogens (primary N) is 1. The van der Waals surface area contributed by atoms with E-state index in [0.29, 0.717) is 0 Å². The van der Waals surface area contributed by atoms with Gasteiger partial charge in [-0.05, 0) is 35.0 Å². The van der Waals surface area contributed by atoms with Crippen LogP contribution in [0, 0.1) is 0 Å². The number of carboxylic acids is 3. The monoisotopic (exact) mass is 275 g/mol. The molecule has 0 radical (unpaired) electrons. The van der Waals surface area contributed by atoms with E-state index < -0.39 is 17.9 Å². The predicted molar refractivity (Wildman–Crippen MR) is 69.2 cm³/mol. The van der Waals surface area contributed by atoms with Crippen LogP contribution in [0.4, 0.5) is 5.69 Å². The minimum Gasteiger partial charge on any atom is -0.478 e. The van der Waals surface area contributed by atoms with Gasteiger partial charge >= 0.3 is 17.9 Å². The van der Waals surface area contributed by atoms with Crippen molar-refractivity contribution < 1.29 is 29.7 Å². The fraction of sp³-hybridized carbons (Fsp3) is 0. The Hall–Kier alpha value is -3.09. The van der Waals surface area contributed by atoms with E-state index in [4.69, 9.17) is 21.1 Å². The Kier molecular flexibility index (Phi) is 3.03. The van der Waals surface area contributed by atoms with E-state index in [1.54, 1.807) is 0 Å². The fourth-order valence-electron chi connectivity index (χ4n) is 1.96. The molecule has 102 valence electrons. The molecule has 2 aromatic rings. The van der Waals surface area contributed by atoms with Crippen molar-refractivity contribution in [2.24, 2.45) is 0 Å². The second-order valence-corrected chi connectivity index (χ2v) is 4.10. The summed E-state index contributed by atoms with van der Waals surface area (Å²) in [4.78, 5) is 33.4. The first-order valence-electron chi connectivity index (χ1n) is 5.38. The number of hydrogen-bond donors (Lipinski definition) is 4. The highest BCUT2D eigenvalue weighted by molar-refractivity contribution is 6.13. The lowest BCUT2D eigenvalue weighted by Crippen LogP contribution is -2.07. The molecule has 0 unspecified atom stereocenters. The van der Waals surface area contributed by atoms with Crippen molar-refractivity contribution in [3.8, 4) is 0 Å². The number of anilines is 1. The molecule has 2 aromatic carbocycles. The molecule has 2 rings (SSSR count). The zero-order valence-electron chi connectivity index (χ0n) is 9.95. The van der Waals surface area contributed by atoms with Gasteiger partial charge < -0.3 is 21.1 Å². The van der Waals surface area contributed by atoms with E-state index >= 15 is 0 Å². The summed E-state index contributed by atoms with van der Waals surface area (Å²) in [5.41, 5.74) is 4.78. The van der Waals surface area contributed by atoms with Gasteiger partial charge in [0.05, 0.1) is 16.7 Å². The number of carbonyl (C=O) groups is 3. The molecule has 0 amide bonds. The van der Waals surface area contributed by atoms with Gasteiger partial charge in [0, 0.05) is 5.69 Å². The molecule has 20 heavy (non-hydrogen) atoms. The van der Waals surface area contributed by atoms with E-state index in [9.17, 15) is 14.4 Å². The number of fused-ring (bicyclic) bond motifs is 1. The van der Waals surface area contributed by atoms with Crippen LogP contribution in [0.25, 0.3) is 10.8 Å². The summed E-state index contributed by atoms with van der Waals surface area (Å²) in [7, 11) is 0. The van der Waals surface area contributed by atoms with Crippen molar-refractivity contribution in [2.45, 2.75) is 0 Å². The average Bonchev–Trinajstić information content (AvgIpc) is 2.35. The van der Waals surface area contributed by atoms with Crippen molar-refractivity contribution in [2.75, 3.05) is 5.73 Å². The summed E-state index contributed by atoms with van der Waals surface area (Å²) < 4.78 is 0. The number of aromatic carboxylic acids is 3. The van der Waals surface area contributed by atoms with Gasteiger partial charge in [0.2, 0.25) is 0 Å². The van der Waals surface area contributed by atoms with Gasteiger partial charge in [0.15, 0.2) is 0 Å². The molecular formula is C13H9NO6. The smallest absolute Gasteiger partial charge is 0.336 e. The zero-order valence-corrected chi connectivity index (χ0v) is 9.95. The first-order valence-corrected chi connectivity index (χ1v) is 5.38. The van der Waals surface area contributed by atoms with Gasteiger partial charge in [-0.2, -0.15) is 0 Å². The van der Waals surface area contributed by atoms with E-state index in [2.05, 4.69) is 0 Å². The third-order valence-electron chi connectivity index (χ3n) is 2.80. The maximum atomic E-state index is 11.2. The van der Waals surface area contributed by atoms with Crippen LogP contribution in [0.3, 0.4) is 0 Å². The summed E-state index contributed by atoms with van der Waals surface area (Å²) in [6, 6.07) is 4.55. The first-order chi connectivity index (χ1) is 9.31. The number of rotatable bonds is 3. The van der Waals surface area contributed by atoms with Crippen LogP contribution in [-0.4, -0.2) is 33.2 Å². The van der Waals surface area contributed by atoms with Crippen LogP contribution in [0.15, 0.2) is 24.3 Å². The summed E-state index contributed by atoms with van der Waals surface area (Å²) in [6.45, 7) is 0. The molecule has 0 aliphatic heterocycles. The van der Waals surface area contributed by atoms with Crippen molar-refractivity contribution in [1.82, 2.24) is 0 Å². The average molecular weight is 275 g/mol. The maximum Gasteiger partial charge on any atom is 0.336 e.